The second-order valence-corrected chi connectivity index (χ2v) is 5.00. The minimum absolute atomic E-state index is 0.640. The van der Waals surface area contributed by atoms with E-state index in [1.54, 1.807) is 17.5 Å². The molecule has 0 fully saturated rings. The van der Waals surface area contributed by atoms with E-state index < -0.39 is 0 Å². The van der Waals surface area contributed by atoms with Crippen molar-refractivity contribution >= 4 is 17.2 Å². The van der Waals surface area contributed by atoms with Crippen LogP contribution in [0.4, 0.5) is 5.82 Å². The molecule has 0 aliphatic heterocycles. The molecule has 2 aromatic heterocycles. The Morgan fingerprint density at radius 1 is 0.947 bits per heavy atom. The highest BCUT2D eigenvalue weighted by Gasteiger charge is 2.05. The molecule has 2 heterocycles. The van der Waals surface area contributed by atoms with Crippen LogP contribution in [0.5, 0.6) is 0 Å². The zero-order valence-corrected chi connectivity index (χ0v) is 11.0. The van der Waals surface area contributed by atoms with E-state index in [4.69, 9.17) is 0 Å². The molecule has 3 aromatic rings. The maximum Gasteiger partial charge on any atom is 0.147 e. The summed E-state index contributed by atoms with van der Waals surface area (Å²) in [6, 6.07) is 15.8. The summed E-state index contributed by atoms with van der Waals surface area (Å²) in [5.74, 6) is 0.846. The van der Waals surface area contributed by atoms with Crippen LogP contribution < -0.4 is 5.32 Å². The summed E-state index contributed by atoms with van der Waals surface area (Å²) in [5, 5.41) is 13.5. The minimum atomic E-state index is 0.640. The van der Waals surface area contributed by atoms with E-state index in [1.807, 2.05) is 48.5 Å². The molecule has 0 amide bonds. The van der Waals surface area contributed by atoms with Crippen LogP contribution in [0.25, 0.3) is 10.6 Å². The number of nitrogens with one attached hydrogen (secondary N) is 1. The van der Waals surface area contributed by atoms with Gasteiger partial charge in [0.1, 0.15) is 15.8 Å². The van der Waals surface area contributed by atoms with Crippen LogP contribution in [-0.4, -0.2) is 15.2 Å². The Bertz CT molecular complexity index is 637. The lowest BCUT2D eigenvalue weighted by molar-refractivity contribution is 0.985. The fraction of sp³-hybridized carbons (Fsp3) is 0.0714. The Hall–Kier alpha value is -2.27. The second kappa shape index (κ2) is 5.58. The molecule has 0 saturated heterocycles. The molecule has 4 nitrogen and oxygen atoms in total. The first-order valence-corrected chi connectivity index (χ1v) is 6.76. The Kier molecular flexibility index (Phi) is 3.47. The lowest BCUT2D eigenvalue weighted by Gasteiger charge is -2.00. The summed E-state index contributed by atoms with van der Waals surface area (Å²) in [7, 11) is 0. The van der Waals surface area contributed by atoms with E-state index in [0.29, 0.717) is 6.54 Å². The average Bonchev–Trinajstić information content (AvgIpc) is 2.96. The fourth-order valence-corrected chi connectivity index (χ4v) is 2.44. The van der Waals surface area contributed by atoms with Gasteiger partial charge in [-0.15, -0.1) is 10.2 Å². The summed E-state index contributed by atoms with van der Waals surface area (Å²) in [6.45, 7) is 0.640. The van der Waals surface area contributed by atoms with Gasteiger partial charge in [-0.3, -0.25) is 0 Å². The number of rotatable bonds is 4. The first kappa shape index (κ1) is 11.8. The van der Waals surface area contributed by atoms with Gasteiger partial charge in [0.15, 0.2) is 0 Å². The highest BCUT2D eigenvalue weighted by molar-refractivity contribution is 7.14. The fourth-order valence-electron chi connectivity index (χ4n) is 1.66. The molecule has 1 N–H and O–H groups in total. The van der Waals surface area contributed by atoms with Gasteiger partial charge in [-0.1, -0.05) is 47.7 Å². The second-order valence-electron chi connectivity index (χ2n) is 3.94. The molecule has 0 radical (unpaired) electrons. The topological polar surface area (TPSA) is 50.7 Å². The summed E-state index contributed by atoms with van der Waals surface area (Å²) in [5.41, 5.74) is 1.10. The van der Waals surface area contributed by atoms with Crippen LogP contribution in [0.3, 0.4) is 0 Å². The van der Waals surface area contributed by atoms with Crippen molar-refractivity contribution in [3.8, 4) is 10.6 Å². The molecule has 0 unspecified atom stereocenters. The van der Waals surface area contributed by atoms with Crippen LogP contribution in [0.2, 0.25) is 0 Å². The van der Waals surface area contributed by atoms with E-state index >= 15 is 0 Å². The van der Waals surface area contributed by atoms with Crippen molar-refractivity contribution in [3.63, 3.8) is 0 Å². The van der Waals surface area contributed by atoms with Crippen molar-refractivity contribution in [2.75, 3.05) is 5.32 Å². The zero-order valence-electron chi connectivity index (χ0n) is 10.2. The van der Waals surface area contributed by atoms with E-state index in [2.05, 4.69) is 20.5 Å². The summed E-state index contributed by atoms with van der Waals surface area (Å²) >= 11 is 1.59. The molecule has 94 valence electrons. The maximum absolute atomic E-state index is 4.21. The SMILES string of the molecule is c1ccc(-c2nnc(CNc3ccccn3)s2)cc1. The molecule has 0 aliphatic carbocycles. The first-order valence-electron chi connectivity index (χ1n) is 5.94. The summed E-state index contributed by atoms with van der Waals surface area (Å²) in [6.07, 6.45) is 1.76. The largest absolute Gasteiger partial charge is 0.363 e. The van der Waals surface area contributed by atoms with Gasteiger partial charge in [-0.25, -0.2) is 4.98 Å². The lowest BCUT2D eigenvalue weighted by Crippen LogP contribution is -2.00. The first-order chi connectivity index (χ1) is 9.42. The van der Waals surface area contributed by atoms with Crippen molar-refractivity contribution < 1.29 is 0 Å². The normalized spacial score (nSPS) is 10.3. The third-order valence-corrected chi connectivity index (χ3v) is 3.55. The average molecular weight is 268 g/mol. The molecule has 19 heavy (non-hydrogen) atoms. The van der Waals surface area contributed by atoms with Gasteiger partial charge >= 0.3 is 0 Å². The van der Waals surface area contributed by atoms with Crippen LogP contribution in [0.1, 0.15) is 5.01 Å². The zero-order chi connectivity index (χ0) is 12.9. The smallest absolute Gasteiger partial charge is 0.147 e. The van der Waals surface area contributed by atoms with Crippen molar-refractivity contribution in [2.24, 2.45) is 0 Å². The quantitative estimate of drug-likeness (QED) is 0.789. The van der Waals surface area contributed by atoms with Gasteiger partial charge in [-0.2, -0.15) is 0 Å². The number of benzene rings is 1. The third-order valence-electron chi connectivity index (χ3n) is 2.57. The van der Waals surface area contributed by atoms with Crippen molar-refractivity contribution in [3.05, 3.63) is 59.7 Å². The standard InChI is InChI=1S/C14H12N4S/c1-2-6-11(7-3-1)14-18-17-13(19-14)10-16-12-8-4-5-9-15-12/h1-9H,10H2,(H,15,16). The van der Waals surface area contributed by atoms with Crippen LogP contribution in [0.15, 0.2) is 54.7 Å². The highest BCUT2D eigenvalue weighted by atomic mass is 32.1. The van der Waals surface area contributed by atoms with Crippen molar-refractivity contribution in [1.29, 1.82) is 0 Å². The molecule has 0 atom stereocenters. The number of anilines is 1. The Morgan fingerprint density at radius 2 is 1.79 bits per heavy atom. The van der Waals surface area contributed by atoms with E-state index in [9.17, 15) is 0 Å². The minimum Gasteiger partial charge on any atom is -0.363 e. The molecule has 3 rings (SSSR count). The van der Waals surface area contributed by atoms with Crippen LogP contribution in [0, 0.1) is 0 Å². The molecule has 0 aliphatic rings. The summed E-state index contributed by atoms with van der Waals surface area (Å²) in [4.78, 5) is 4.20. The Balaban J connectivity index is 1.69. The molecular weight excluding hydrogens is 256 g/mol. The van der Waals surface area contributed by atoms with E-state index in [0.717, 1.165) is 21.4 Å². The number of hydrogen-bond donors (Lipinski definition) is 1. The predicted molar refractivity (Wildman–Crippen MR) is 76.9 cm³/mol. The lowest BCUT2D eigenvalue weighted by atomic mass is 10.2. The Labute approximate surface area is 115 Å². The number of pyridine rings is 1. The van der Waals surface area contributed by atoms with E-state index in [1.165, 1.54) is 0 Å². The van der Waals surface area contributed by atoms with Crippen LogP contribution >= 0.6 is 11.3 Å². The highest BCUT2D eigenvalue weighted by Crippen LogP contribution is 2.23. The molecule has 0 bridgehead atoms. The molecular formula is C14H12N4S. The third kappa shape index (κ3) is 2.95. The number of nitrogens with zero attached hydrogens (tertiary/aromatic N) is 3. The molecule has 0 spiro atoms. The molecule has 5 heteroatoms. The van der Waals surface area contributed by atoms with Crippen molar-refractivity contribution in [1.82, 2.24) is 15.2 Å². The van der Waals surface area contributed by atoms with Gasteiger partial charge in [0.25, 0.3) is 0 Å². The Morgan fingerprint density at radius 3 is 2.58 bits per heavy atom. The van der Waals surface area contributed by atoms with Crippen molar-refractivity contribution in [2.45, 2.75) is 6.54 Å². The van der Waals surface area contributed by atoms with Gasteiger partial charge in [0.05, 0.1) is 6.54 Å². The van der Waals surface area contributed by atoms with E-state index in [-0.39, 0.29) is 0 Å². The monoisotopic (exact) mass is 268 g/mol. The molecule has 0 saturated carbocycles. The number of hydrogen-bond acceptors (Lipinski definition) is 5. The summed E-state index contributed by atoms with van der Waals surface area (Å²) < 4.78 is 0. The number of aromatic nitrogens is 3. The van der Waals surface area contributed by atoms with Crippen LogP contribution in [-0.2, 0) is 6.54 Å². The van der Waals surface area contributed by atoms with Gasteiger partial charge < -0.3 is 5.32 Å². The van der Waals surface area contributed by atoms with Gasteiger partial charge in [0, 0.05) is 11.8 Å². The van der Waals surface area contributed by atoms with Gasteiger partial charge in [0.2, 0.25) is 0 Å². The van der Waals surface area contributed by atoms with Gasteiger partial charge in [-0.05, 0) is 12.1 Å². The molecule has 1 aromatic carbocycles. The predicted octanol–water partition coefficient (Wildman–Crippen LogP) is 3.21. The maximum atomic E-state index is 4.21.